The number of β-amino-alcohol motifs (C(OH)–C–C–N with tert-alkyl or cyclic N) is 1. The lowest BCUT2D eigenvalue weighted by Crippen LogP contribution is -2.60. The Kier molecular flexibility index (Phi) is 7.55. The summed E-state index contributed by atoms with van der Waals surface area (Å²) in [6, 6.07) is -0.408. The van der Waals surface area contributed by atoms with Gasteiger partial charge in [0, 0.05) is 30.4 Å². The molecule has 7 fully saturated rings. The second kappa shape index (κ2) is 10.4. The molecule has 45 heavy (non-hydrogen) atoms. The van der Waals surface area contributed by atoms with Crippen molar-refractivity contribution in [3.63, 3.8) is 0 Å². The second-order valence-corrected chi connectivity index (χ2v) is 18.4. The van der Waals surface area contributed by atoms with E-state index in [0.29, 0.717) is 37.3 Å². The zero-order chi connectivity index (χ0) is 32.5. The largest absolute Gasteiger partial charge is 0.461 e. The van der Waals surface area contributed by atoms with Gasteiger partial charge in [-0.25, -0.2) is 0 Å². The molecule has 15 atom stereocenters. The minimum atomic E-state index is -1.03. The molecular weight excluding hydrogens is 570 g/mol. The third-order valence-corrected chi connectivity index (χ3v) is 15.8. The van der Waals surface area contributed by atoms with Crippen molar-refractivity contribution in [3.05, 3.63) is 0 Å². The van der Waals surface area contributed by atoms with Gasteiger partial charge in [0.25, 0.3) is 0 Å². The average molecular weight is 632 g/mol. The Morgan fingerprint density at radius 1 is 1.02 bits per heavy atom. The van der Waals surface area contributed by atoms with E-state index in [1.54, 1.807) is 0 Å². The molecule has 0 aromatic carbocycles. The number of carbonyl (C=O) groups excluding carboxylic acids is 1. The van der Waals surface area contributed by atoms with E-state index in [0.717, 1.165) is 38.5 Å². The van der Waals surface area contributed by atoms with E-state index in [-0.39, 0.29) is 57.3 Å². The van der Waals surface area contributed by atoms with Gasteiger partial charge in [-0.1, -0.05) is 34.6 Å². The van der Waals surface area contributed by atoms with Crippen molar-refractivity contribution in [2.45, 2.75) is 161 Å². The molecule has 2 saturated heterocycles. The van der Waals surface area contributed by atoms with Gasteiger partial charge in [-0.05, 0) is 112 Å². The Morgan fingerprint density at radius 3 is 2.36 bits per heavy atom. The van der Waals surface area contributed by atoms with Crippen LogP contribution in [-0.4, -0.2) is 82.7 Å². The van der Waals surface area contributed by atoms with Gasteiger partial charge in [-0.3, -0.25) is 4.79 Å². The topological polar surface area (TPSA) is 117 Å². The first-order valence-electron chi connectivity index (χ1n) is 18.3. The van der Waals surface area contributed by atoms with Gasteiger partial charge >= 0.3 is 5.97 Å². The Balaban J connectivity index is 1.14. The number of esters is 1. The minimum absolute atomic E-state index is 0.0229. The van der Waals surface area contributed by atoms with E-state index in [9.17, 15) is 20.1 Å². The molecule has 256 valence electrons. The van der Waals surface area contributed by atoms with Crippen LogP contribution in [0, 0.1) is 50.7 Å². The third kappa shape index (κ3) is 4.27. The van der Waals surface area contributed by atoms with Crippen molar-refractivity contribution in [1.29, 1.82) is 0 Å². The number of fused-ring (bicyclic) bond motifs is 4. The van der Waals surface area contributed by atoms with Gasteiger partial charge in [0.05, 0.1) is 30.0 Å². The number of carbonyl (C=O) groups is 1. The molecule has 1 unspecified atom stereocenters. The molecule has 2 aliphatic heterocycles. The second-order valence-electron chi connectivity index (χ2n) is 18.4. The van der Waals surface area contributed by atoms with Crippen molar-refractivity contribution < 1.29 is 34.3 Å². The monoisotopic (exact) mass is 631 g/mol. The molecular formula is C37H61NO7. The zero-order valence-corrected chi connectivity index (χ0v) is 29.1. The van der Waals surface area contributed by atoms with Crippen LogP contribution in [0.4, 0.5) is 0 Å². The van der Waals surface area contributed by atoms with Crippen molar-refractivity contribution in [2.24, 2.45) is 50.7 Å². The van der Waals surface area contributed by atoms with Crippen LogP contribution in [-0.2, 0) is 19.0 Å². The molecule has 0 aromatic heterocycles. The molecule has 0 amide bonds. The molecule has 8 heteroatoms. The van der Waals surface area contributed by atoms with Crippen LogP contribution < -0.4 is 5.32 Å². The standard InChI is InChI=1S/C37H61NO7/c1-9-43-30(33(5,6)42)23-16-20(2)27-28(44-23)29(40)35(8)25-11-10-24-32(3,4)26(45-31(41)22-17-21(39)18-38-22)12-13-36(24)19-37(25,36)15-14-34(27,35)7/h20-30,38-40,42H,9-19H2,1-8H3/t20-,21-,22+,23-,24+,25+,26+,27+,28+,29+,30+,34-,35-,36?,37+/m1/s1. The highest BCUT2D eigenvalue weighted by molar-refractivity contribution is 5.76. The predicted octanol–water partition coefficient (Wildman–Crippen LogP) is 4.61. The van der Waals surface area contributed by atoms with Gasteiger partial charge in [-0.2, -0.15) is 0 Å². The maximum atomic E-state index is 13.1. The van der Waals surface area contributed by atoms with E-state index < -0.39 is 30.0 Å². The molecule has 4 N–H and O–H groups in total. The number of ether oxygens (including phenoxy) is 3. The molecule has 8 nitrogen and oxygen atoms in total. The van der Waals surface area contributed by atoms with Crippen LogP contribution in [0.15, 0.2) is 0 Å². The third-order valence-electron chi connectivity index (χ3n) is 15.8. The van der Waals surface area contributed by atoms with Crippen LogP contribution >= 0.6 is 0 Å². The first-order chi connectivity index (χ1) is 21.0. The Labute approximate surface area is 270 Å². The van der Waals surface area contributed by atoms with Gasteiger partial charge < -0.3 is 34.8 Å². The first kappa shape index (κ1) is 32.8. The molecule has 7 rings (SSSR count). The summed E-state index contributed by atoms with van der Waals surface area (Å²) in [6.07, 6.45) is 6.90. The number of hydrogen-bond donors (Lipinski definition) is 4. The number of aliphatic hydroxyl groups excluding tert-OH is 2. The number of hydrogen-bond acceptors (Lipinski definition) is 8. The van der Waals surface area contributed by atoms with Crippen LogP contribution in [0.1, 0.15) is 113 Å². The van der Waals surface area contributed by atoms with Crippen LogP contribution in [0.25, 0.3) is 0 Å². The summed E-state index contributed by atoms with van der Waals surface area (Å²) in [7, 11) is 0. The molecule has 2 heterocycles. The fourth-order valence-electron chi connectivity index (χ4n) is 13.8. The van der Waals surface area contributed by atoms with E-state index in [1.807, 2.05) is 20.8 Å². The normalized spacial score (nSPS) is 53.8. The van der Waals surface area contributed by atoms with E-state index in [1.165, 1.54) is 12.8 Å². The Bertz CT molecular complexity index is 1190. The lowest BCUT2D eigenvalue weighted by Gasteiger charge is -2.63. The van der Waals surface area contributed by atoms with E-state index in [2.05, 4.69) is 39.9 Å². The van der Waals surface area contributed by atoms with Crippen LogP contribution in [0.5, 0.6) is 0 Å². The maximum Gasteiger partial charge on any atom is 0.323 e. The number of nitrogens with one attached hydrogen (secondary N) is 1. The Morgan fingerprint density at radius 2 is 1.71 bits per heavy atom. The maximum absolute atomic E-state index is 13.1. The summed E-state index contributed by atoms with van der Waals surface area (Å²) in [6.45, 7) is 18.4. The van der Waals surface area contributed by atoms with Gasteiger partial charge in [0.1, 0.15) is 18.2 Å². The van der Waals surface area contributed by atoms with Crippen molar-refractivity contribution in [2.75, 3.05) is 13.2 Å². The van der Waals surface area contributed by atoms with Crippen molar-refractivity contribution in [3.8, 4) is 0 Å². The molecule has 0 bridgehead atoms. The zero-order valence-electron chi connectivity index (χ0n) is 29.1. The van der Waals surface area contributed by atoms with Gasteiger partial charge in [0.15, 0.2) is 0 Å². The fraction of sp³-hybridized carbons (Fsp3) is 0.973. The molecule has 0 radical (unpaired) electrons. The summed E-state index contributed by atoms with van der Waals surface area (Å²) >= 11 is 0. The van der Waals surface area contributed by atoms with E-state index in [4.69, 9.17) is 14.2 Å². The smallest absolute Gasteiger partial charge is 0.323 e. The van der Waals surface area contributed by atoms with Crippen LogP contribution in [0.2, 0.25) is 0 Å². The quantitative estimate of drug-likeness (QED) is 0.314. The molecule has 5 aliphatic carbocycles. The molecule has 2 spiro atoms. The lowest BCUT2D eigenvalue weighted by molar-refractivity contribution is -0.215. The molecule has 7 aliphatic rings. The Hall–Kier alpha value is -0.770. The fourth-order valence-corrected chi connectivity index (χ4v) is 13.8. The molecule has 5 saturated carbocycles. The highest BCUT2D eigenvalue weighted by atomic mass is 16.6. The average Bonchev–Trinajstić information content (AvgIpc) is 3.35. The number of aliphatic hydroxyl groups is 3. The lowest BCUT2D eigenvalue weighted by atomic mass is 9.41. The SMILES string of the molecule is CCO[C@@H]([C@H]1C[C@@H](C)[C@H]2[C@H](O1)[C@H](O)[C@@]1(C)[C@@H]3CC[C@H]4C(C)(C)[C@@H](OC(=O)[C@@H]5C[C@@H](O)CN5)CCC45C[C@@]35CC[C@]21C)C(C)(C)O. The highest BCUT2D eigenvalue weighted by Gasteiger charge is 2.84. The van der Waals surface area contributed by atoms with Crippen molar-refractivity contribution >= 4 is 5.97 Å². The summed E-state index contributed by atoms with van der Waals surface area (Å²) in [5.74, 6) is 1.35. The van der Waals surface area contributed by atoms with Gasteiger partial charge in [0.2, 0.25) is 0 Å². The minimum Gasteiger partial charge on any atom is -0.461 e. The van der Waals surface area contributed by atoms with Crippen LogP contribution in [0.3, 0.4) is 0 Å². The summed E-state index contributed by atoms with van der Waals surface area (Å²) in [5.41, 5.74) is -0.959. The summed E-state index contributed by atoms with van der Waals surface area (Å²) in [5, 5.41) is 36.6. The van der Waals surface area contributed by atoms with Crippen molar-refractivity contribution in [1.82, 2.24) is 5.32 Å². The predicted molar refractivity (Wildman–Crippen MR) is 170 cm³/mol. The first-order valence-corrected chi connectivity index (χ1v) is 18.3. The summed E-state index contributed by atoms with van der Waals surface area (Å²) < 4.78 is 19.3. The van der Waals surface area contributed by atoms with E-state index >= 15 is 0 Å². The summed E-state index contributed by atoms with van der Waals surface area (Å²) in [4.78, 5) is 13.1. The molecule has 0 aromatic rings. The number of rotatable bonds is 6. The van der Waals surface area contributed by atoms with Gasteiger partial charge in [-0.15, -0.1) is 0 Å². The highest BCUT2D eigenvalue weighted by Crippen LogP contribution is 2.89.